The molecule has 0 spiro atoms. The average Bonchev–Trinajstić information content (AvgIpc) is 3.32. The van der Waals surface area contributed by atoms with E-state index in [-0.39, 0.29) is 18.3 Å². The zero-order valence-electron chi connectivity index (χ0n) is 18.8. The lowest BCUT2D eigenvalue weighted by Gasteiger charge is -2.27. The van der Waals surface area contributed by atoms with Crippen LogP contribution in [0.3, 0.4) is 0 Å². The zero-order valence-corrected chi connectivity index (χ0v) is 18.8. The third kappa shape index (κ3) is 4.51. The topological polar surface area (TPSA) is 97.8 Å². The maximum Gasteiger partial charge on any atom is 0.254 e. The second-order valence-corrected chi connectivity index (χ2v) is 8.17. The molecule has 2 aliphatic rings. The van der Waals surface area contributed by atoms with Crippen molar-refractivity contribution in [2.24, 2.45) is 0 Å². The summed E-state index contributed by atoms with van der Waals surface area (Å²) < 4.78 is 29.9. The molecule has 33 heavy (non-hydrogen) atoms. The normalized spacial score (nSPS) is 17.3. The Bertz CT molecular complexity index is 1200. The van der Waals surface area contributed by atoms with E-state index in [1.165, 1.54) is 0 Å². The first-order valence-electron chi connectivity index (χ1n) is 11.3. The maximum absolute atomic E-state index is 12.8. The van der Waals surface area contributed by atoms with E-state index in [2.05, 4.69) is 10.1 Å². The van der Waals surface area contributed by atoms with Crippen LogP contribution < -0.4 is 15.0 Å². The summed E-state index contributed by atoms with van der Waals surface area (Å²) in [5.74, 6) is 2.42. The molecule has 5 rings (SSSR count). The van der Waals surface area contributed by atoms with Gasteiger partial charge in [0.25, 0.3) is 5.56 Å². The molecule has 0 aliphatic carbocycles. The summed E-state index contributed by atoms with van der Waals surface area (Å²) in [6.07, 6.45) is 1.31. The number of hydrogen-bond donors (Lipinski definition) is 0. The molecule has 0 N–H and O–H groups in total. The summed E-state index contributed by atoms with van der Waals surface area (Å²) in [5, 5.41) is 3.92. The van der Waals surface area contributed by atoms with Gasteiger partial charge in [0.1, 0.15) is 24.2 Å². The summed E-state index contributed by atoms with van der Waals surface area (Å²) in [7, 11) is 0. The Labute approximate surface area is 191 Å². The SMILES string of the molecule is CCc1nc(COc2ccc3c(c2)CCn2c-3c(C)c(OCC3COCCO3)cc2=O)no1. The molecule has 2 aromatic heterocycles. The summed E-state index contributed by atoms with van der Waals surface area (Å²) >= 11 is 0. The number of fused-ring (bicyclic) bond motifs is 3. The van der Waals surface area contributed by atoms with Crippen LogP contribution in [-0.2, 0) is 35.5 Å². The first-order valence-corrected chi connectivity index (χ1v) is 11.3. The predicted molar refractivity (Wildman–Crippen MR) is 119 cm³/mol. The van der Waals surface area contributed by atoms with Crippen molar-refractivity contribution in [1.82, 2.24) is 14.7 Å². The molecule has 174 valence electrons. The summed E-state index contributed by atoms with van der Waals surface area (Å²) in [5.41, 5.74) is 3.88. The lowest BCUT2D eigenvalue weighted by Crippen LogP contribution is -2.34. The van der Waals surface area contributed by atoms with Gasteiger partial charge in [-0.25, -0.2) is 0 Å². The number of benzene rings is 1. The van der Waals surface area contributed by atoms with Gasteiger partial charge in [-0.2, -0.15) is 4.98 Å². The quantitative estimate of drug-likeness (QED) is 0.539. The first-order chi connectivity index (χ1) is 16.1. The van der Waals surface area contributed by atoms with Crippen molar-refractivity contribution < 1.29 is 23.5 Å². The van der Waals surface area contributed by atoms with Gasteiger partial charge < -0.3 is 28.0 Å². The van der Waals surface area contributed by atoms with Gasteiger partial charge in [-0.3, -0.25) is 4.79 Å². The molecule has 0 bridgehead atoms. The summed E-state index contributed by atoms with van der Waals surface area (Å²) in [4.78, 5) is 17.1. The fourth-order valence-corrected chi connectivity index (χ4v) is 4.23. The number of rotatable bonds is 7. The number of hydrogen-bond acceptors (Lipinski definition) is 8. The molecule has 0 radical (unpaired) electrons. The number of ether oxygens (including phenoxy) is 4. The highest BCUT2D eigenvalue weighted by Gasteiger charge is 2.23. The lowest BCUT2D eigenvalue weighted by molar-refractivity contribution is -0.101. The number of nitrogens with zero attached hydrogens (tertiary/aromatic N) is 3. The highest BCUT2D eigenvalue weighted by molar-refractivity contribution is 5.71. The Morgan fingerprint density at radius 2 is 2.12 bits per heavy atom. The first kappa shape index (κ1) is 21.7. The number of pyridine rings is 1. The van der Waals surface area contributed by atoms with Gasteiger partial charge in [-0.1, -0.05) is 12.1 Å². The van der Waals surface area contributed by atoms with Crippen molar-refractivity contribution in [2.45, 2.75) is 45.9 Å². The third-order valence-electron chi connectivity index (χ3n) is 5.94. The van der Waals surface area contributed by atoms with Crippen LogP contribution in [0.4, 0.5) is 0 Å². The summed E-state index contributed by atoms with van der Waals surface area (Å²) in [6, 6.07) is 7.49. The number of aromatic nitrogens is 3. The van der Waals surface area contributed by atoms with Gasteiger partial charge in [-0.05, 0) is 37.1 Å². The van der Waals surface area contributed by atoms with Gasteiger partial charge in [0.15, 0.2) is 6.61 Å². The van der Waals surface area contributed by atoms with Crippen LogP contribution >= 0.6 is 0 Å². The minimum absolute atomic E-state index is 0.0683. The smallest absolute Gasteiger partial charge is 0.254 e. The number of aryl methyl sites for hydroxylation is 2. The fourth-order valence-electron chi connectivity index (χ4n) is 4.23. The van der Waals surface area contributed by atoms with Crippen LogP contribution in [0.1, 0.15) is 29.8 Å². The largest absolute Gasteiger partial charge is 0.490 e. The average molecular weight is 453 g/mol. The maximum atomic E-state index is 12.8. The Balaban J connectivity index is 1.37. The molecule has 1 atom stereocenters. The summed E-state index contributed by atoms with van der Waals surface area (Å²) in [6.45, 7) is 6.80. The Hall–Kier alpha value is -3.17. The van der Waals surface area contributed by atoms with Crippen molar-refractivity contribution in [3.8, 4) is 22.8 Å². The van der Waals surface area contributed by atoms with Gasteiger partial charge in [0.2, 0.25) is 11.7 Å². The molecule has 2 aliphatic heterocycles. The molecule has 9 nitrogen and oxygen atoms in total. The van der Waals surface area contributed by atoms with E-state index in [0.29, 0.717) is 56.9 Å². The molecule has 0 amide bonds. The molecule has 1 aromatic carbocycles. The van der Waals surface area contributed by atoms with E-state index < -0.39 is 0 Å². The molecule has 1 unspecified atom stereocenters. The van der Waals surface area contributed by atoms with E-state index in [1.807, 2.05) is 36.6 Å². The zero-order chi connectivity index (χ0) is 22.8. The molecule has 1 saturated heterocycles. The monoisotopic (exact) mass is 453 g/mol. The molecular weight excluding hydrogens is 426 g/mol. The van der Waals surface area contributed by atoms with E-state index in [1.54, 1.807) is 6.07 Å². The van der Waals surface area contributed by atoms with Crippen LogP contribution in [0.15, 0.2) is 33.6 Å². The van der Waals surface area contributed by atoms with E-state index in [9.17, 15) is 4.79 Å². The van der Waals surface area contributed by atoms with E-state index in [0.717, 1.165) is 34.6 Å². The van der Waals surface area contributed by atoms with Crippen LogP contribution in [0.25, 0.3) is 11.3 Å². The predicted octanol–water partition coefficient (Wildman–Crippen LogP) is 2.70. The molecule has 3 aromatic rings. The third-order valence-corrected chi connectivity index (χ3v) is 5.94. The van der Waals surface area contributed by atoms with E-state index >= 15 is 0 Å². The molecule has 0 saturated carbocycles. The minimum atomic E-state index is -0.128. The van der Waals surface area contributed by atoms with Crippen LogP contribution in [0.5, 0.6) is 11.5 Å². The van der Waals surface area contributed by atoms with Crippen molar-refractivity contribution in [1.29, 1.82) is 0 Å². The highest BCUT2D eigenvalue weighted by Crippen LogP contribution is 2.36. The van der Waals surface area contributed by atoms with Crippen molar-refractivity contribution >= 4 is 0 Å². The Morgan fingerprint density at radius 3 is 2.91 bits per heavy atom. The minimum Gasteiger partial charge on any atom is -0.490 e. The van der Waals surface area contributed by atoms with Gasteiger partial charge in [-0.15, -0.1) is 0 Å². The van der Waals surface area contributed by atoms with Gasteiger partial charge >= 0.3 is 0 Å². The highest BCUT2D eigenvalue weighted by atomic mass is 16.6. The molecule has 4 heterocycles. The van der Waals surface area contributed by atoms with Crippen molar-refractivity contribution in [3.63, 3.8) is 0 Å². The van der Waals surface area contributed by atoms with Crippen molar-refractivity contribution in [3.05, 3.63) is 57.5 Å². The Kier molecular flexibility index (Phi) is 6.15. The van der Waals surface area contributed by atoms with Gasteiger partial charge in [0.05, 0.1) is 25.5 Å². The Morgan fingerprint density at radius 1 is 1.21 bits per heavy atom. The lowest BCUT2D eigenvalue weighted by atomic mass is 9.94. The standard InChI is InChI=1S/C24H27N3O6/c1-3-22-25-21(26-33-22)14-31-17-4-5-19-16(10-17)6-7-27-23(28)11-20(15(2)24(19)27)32-13-18-12-29-8-9-30-18/h4-5,10-11,18H,3,6-9,12-14H2,1-2H3. The van der Waals surface area contributed by atoms with Gasteiger partial charge in [0, 0.05) is 30.2 Å². The van der Waals surface area contributed by atoms with Crippen LogP contribution in [0.2, 0.25) is 0 Å². The molecule has 9 heteroatoms. The molecule has 1 fully saturated rings. The molecular formula is C24H27N3O6. The van der Waals surface area contributed by atoms with Crippen molar-refractivity contribution in [2.75, 3.05) is 26.4 Å². The second kappa shape index (κ2) is 9.36. The van der Waals surface area contributed by atoms with Crippen LogP contribution in [0, 0.1) is 6.92 Å². The fraction of sp³-hybridized carbons (Fsp3) is 0.458. The van der Waals surface area contributed by atoms with Crippen LogP contribution in [-0.4, -0.2) is 47.2 Å². The second-order valence-electron chi connectivity index (χ2n) is 8.17. The van der Waals surface area contributed by atoms with E-state index in [4.69, 9.17) is 23.5 Å².